The molecule has 0 saturated carbocycles. The highest BCUT2D eigenvalue weighted by Crippen LogP contribution is 2.23. The van der Waals surface area contributed by atoms with E-state index in [-0.39, 0.29) is 5.82 Å². The van der Waals surface area contributed by atoms with Crippen LogP contribution in [-0.4, -0.2) is 22.6 Å². The monoisotopic (exact) mass is 348 g/mol. The van der Waals surface area contributed by atoms with Crippen LogP contribution < -0.4 is 0 Å². The summed E-state index contributed by atoms with van der Waals surface area (Å²) in [5.41, 5.74) is 2.70. The molecule has 0 radical (unpaired) electrons. The standard InChI is InChI=1S/C15H10BrFN2O2/c1-21-15(20)9-2-5-14-13(6-9)18-8-19(14)10-3-4-12(17)11(16)7-10/h2-8H,1H3. The molecule has 3 rings (SSSR count). The van der Waals surface area contributed by atoms with Crippen LogP contribution in [0.15, 0.2) is 47.2 Å². The Labute approximate surface area is 128 Å². The number of benzene rings is 2. The Morgan fingerprint density at radius 3 is 2.81 bits per heavy atom. The molecular formula is C15H10BrFN2O2. The number of ether oxygens (including phenoxy) is 1. The number of hydrogen-bond donors (Lipinski definition) is 0. The van der Waals surface area contributed by atoms with Gasteiger partial charge in [0, 0.05) is 5.69 Å². The first-order chi connectivity index (χ1) is 10.1. The molecule has 0 spiro atoms. The zero-order chi connectivity index (χ0) is 15.0. The fraction of sp³-hybridized carbons (Fsp3) is 0.0667. The summed E-state index contributed by atoms with van der Waals surface area (Å²) in [4.78, 5) is 15.8. The van der Waals surface area contributed by atoms with E-state index in [0.29, 0.717) is 15.6 Å². The summed E-state index contributed by atoms with van der Waals surface area (Å²) in [6.45, 7) is 0. The highest BCUT2D eigenvalue weighted by Gasteiger charge is 2.11. The molecule has 4 nitrogen and oxygen atoms in total. The average molecular weight is 349 g/mol. The second kappa shape index (κ2) is 5.29. The van der Waals surface area contributed by atoms with Crippen molar-refractivity contribution in [3.63, 3.8) is 0 Å². The largest absolute Gasteiger partial charge is 0.465 e. The molecule has 0 N–H and O–H groups in total. The van der Waals surface area contributed by atoms with E-state index in [2.05, 4.69) is 25.7 Å². The molecular weight excluding hydrogens is 339 g/mol. The highest BCUT2D eigenvalue weighted by atomic mass is 79.9. The second-order valence-corrected chi connectivity index (χ2v) is 5.26. The molecule has 0 saturated heterocycles. The van der Waals surface area contributed by atoms with E-state index in [4.69, 9.17) is 0 Å². The molecule has 6 heteroatoms. The third kappa shape index (κ3) is 2.42. The molecule has 3 aromatic rings. The number of halogens is 2. The van der Waals surface area contributed by atoms with Crippen molar-refractivity contribution in [2.45, 2.75) is 0 Å². The van der Waals surface area contributed by atoms with E-state index in [1.54, 1.807) is 36.7 Å². The van der Waals surface area contributed by atoms with E-state index in [1.165, 1.54) is 13.2 Å². The zero-order valence-electron chi connectivity index (χ0n) is 11.0. The minimum absolute atomic E-state index is 0.323. The van der Waals surface area contributed by atoms with Gasteiger partial charge in [0.05, 0.1) is 28.2 Å². The van der Waals surface area contributed by atoms with E-state index >= 15 is 0 Å². The average Bonchev–Trinajstić information content (AvgIpc) is 2.92. The number of imidazole rings is 1. The van der Waals surface area contributed by atoms with Crippen LogP contribution in [0.3, 0.4) is 0 Å². The van der Waals surface area contributed by atoms with Crippen LogP contribution >= 0.6 is 15.9 Å². The van der Waals surface area contributed by atoms with Crippen LogP contribution in [0, 0.1) is 5.82 Å². The van der Waals surface area contributed by atoms with Gasteiger partial charge < -0.3 is 4.74 Å². The number of aromatic nitrogens is 2. The number of esters is 1. The van der Waals surface area contributed by atoms with E-state index in [9.17, 15) is 9.18 Å². The molecule has 0 fully saturated rings. The van der Waals surface area contributed by atoms with Crippen molar-refractivity contribution in [1.29, 1.82) is 0 Å². The third-order valence-electron chi connectivity index (χ3n) is 3.15. The van der Waals surface area contributed by atoms with Gasteiger partial charge in [-0.25, -0.2) is 14.2 Å². The maximum atomic E-state index is 13.3. The lowest BCUT2D eigenvalue weighted by molar-refractivity contribution is 0.0601. The van der Waals surface area contributed by atoms with Crippen molar-refractivity contribution in [3.8, 4) is 5.69 Å². The molecule has 1 heterocycles. The van der Waals surface area contributed by atoms with Crippen molar-refractivity contribution in [3.05, 3.63) is 58.6 Å². The second-order valence-electron chi connectivity index (χ2n) is 4.41. The minimum atomic E-state index is -0.407. The Bertz CT molecular complexity index is 845. The van der Waals surface area contributed by atoms with Gasteiger partial charge in [0.2, 0.25) is 0 Å². The van der Waals surface area contributed by atoms with E-state index in [0.717, 1.165) is 11.2 Å². The molecule has 0 amide bonds. The number of nitrogens with zero attached hydrogens (tertiary/aromatic N) is 2. The Balaban J connectivity index is 2.12. The normalized spacial score (nSPS) is 10.8. The Morgan fingerprint density at radius 1 is 1.29 bits per heavy atom. The predicted molar refractivity (Wildman–Crippen MR) is 80.1 cm³/mol. The minimum Gasteiger partial charge on any atom is -0.465 e. The SMILES string of the molecule is COC(=O)c1ccc2c(c1)ncn2-c1ccc(F)c(Br)c1. The van der Waals surface area contributed by atoms with Crippen LogP contribution in [0.5, 0.6) is 0 Å². The Kier molecular flexibility index (Phi) is 3.47. The molecule has 106 valence electrons. The third-order valence-corrected chi connectivity index (χ3v) is 3.76. The maximum absolute atomic E-state index is 13.3. The summed E-state index contributed by atoms with van der Waals surface area (Å²) >= 11 is 3.17. The van der Waals surface area contributed by atoms with Crippen molar-refractivity contribution >= 4 is 32.9 Å². The fourth-order valence-electron chi connectivity index (χ4n) is 2.10. The van der Waals surface area contributed by atoms with Crippen LogP contribution in [0.25, 0.3) is 16.7 Å². The number of fused-ring (bicyclic) bond motifs is 1. The first-order valence-corrected chi connectivity index (χ1v) is 6.90. The summed E-state index contributed by atoms with van der Waals surface area (Å²) in [6, 6.07) is 9.83. The summed E-state index contributed by atoms with van der Waals surface area (Å²) in [7, 11) is 1.33. The van der Waals surface area contributed by atoms with Crippen LogP contribution in [0.4, 0.5) is 4.39 Å². The van der Waals surface area contributed by atoms with Crippen molar-refractivity contribution in [2.24, 2.45) is 0 Å². The quantitative estimate of drug-likeness (QED) is 0.663. The molecule has 0 atom stereocenters. The van der Waals surface area contributed by atoms with E-state index in [1.807, 2.05) is 4.57 Å². The summed E-state index contributed by atoms with van der Waals surface area (Å²) in [5.74, 6) is -0.730. The molecule has 0 aliphatic carbocycles. The number of carbonyl (C=O) groups excluding carboxylic acids is 1. The number of rotatable bonds is 2. The lowest BCUT2D eigenvalue weighted by Crippen LogP contribution is -2.00. The van der Waals surface area contributed by atoms with Crippen LogP contribution in [0.2, 0.25) is 0 Å². The zero-order valence-corrected chi connectivity index (χ0v) is 12.6. The van der Waals surface area contributed by atoms with Gasteiger partial charge in [0.1, 0.15) is 12.1 Å². The summed E-state index contributed by atoms with van der Waals surface area (Å²) < 4.78 is 20.2. The van der Waals surface area contributed by atoms with Gasteiger partial charge in [-0.05, 0) is 52.3 Å². The Morgan fingerprint density at radius 2 is 2.10 bits per heavy atom. The van der Waals surface area contributed by atoms with Gasteiger partial charge >= 0.3 is 5.97 Å². The maximum Gasteiger partial charge on any atom is 0.337 e. The molecule has 21 heavy (non-hydrogen) atoms. The molecule has 2 aromatic carbocycles. The molecule has 0 bridgehead atoms. The highest BCUT2D eigenvalue weighted by molar-refractivity contribution is 9.10. The predicted octanol–water partition coefficient (Wildman–Crippen LogP) is 3.71. The summed E-state index contributed by atoms with van der Waals surface area (Å²) in [6.07, 6.45) is 1.63. The van der Waals surface area contributed by atoms with Crippen molar-refractivity contribution in [2.75, 3.05) is 7.11 Å². The fourth-order valence-corrected chi connectivity index (χ4v) is 2.46. The smallest absolute Gasteiger partial charge is 0.337 e. The van der Waals surface area contributed by atoms with Gasteiger partial charge in [-0.15, -0.1) is 0 Å². The van der Waals surface area contributed by atoms with Gasteiger partial charge in [-0.1, -0.05) is 0 Å². The van der Waals surface area contributed by atoms with E-state index < -0.39 is 5.97 Å². The molecule has 0 aliphatic rings. The topological polar surface area (TPSA) is 44.1 Å². The lowest BCUT2D eigenvalue weighted by Gasteiger charge is -2.06. The number of methoxy groups -OCH3 is 1. The van der Waals surface area contributed by atoms with Gasteiger partial charge in [0.25, 0.3) is 0 Å². The molecule has 1 aromatic heterocycles. The van der Waals surface area contributed by atoms with Crippen molar-refractivity contribution in [1.82, 2.24) is 9.55 Å². The first kappa shape index (κ1) is 13.8. The van der Waals surface area contributed by atoms with Gasteiger partial charge in [-0.2, -0.15) is 0 Å². The summed E-state index contributed by atoms with van der Waals surface area (Å²) in [5, 5.41) is 0. The van der Waals surface area contributed by atoms with Crippen LogP contribution in [-0.2, 0) is 4.74 Å². The first-order valence-electron chi connectivity index (χ1n) is 6.11. The lowest BCUT2D eigenvalue weighted by atomic mass is 10.2. The Hall–Kier alpha value is -2.21. The van der Waals surface area contributed by atoms with Gasteiger partial charge in [0.15, 0.2) is 0 Å². The van der Waals surface area contributed by atoms with Crippen LogP contribution in [0.1, 0.15) is 10.4 Å². The van der Waals surface area contributed by atoms with Gasteiger partial charge in [-0.3, -0.25) is 4.57 Å². The molecule has 0 aliphatic heterocycles. The van der Waals surface area contributed by atoms with Crippen molar-refractivity contribution < 1.29 is 13.9 Å². The molecule has 0 unspecified atom stereocenters. The number of carbonyl (C=O) groups is 1. The number of hydrogen-bond acceptors (Lipinski definition) is 3.